The third kappa shape index (κ3) is 6.83. The maximum atomic E-state index is 12.5. The van der Waals surface area contributed by atoms with E-state index in [9.17, 15) is 23.3 Å². The topological polar surface area (TPSA) is 87.4 Å². The molecule has 1 saturated heterocycles. The minimum atomic E-state index is -4.36. The Morgan fingerprint density at radius 1 is 0.971 bits per heavy atom. The zero-order chi connectivity index (χ0) is 24.8. The molecule has 0 bridgehead atoms. The molecule has 0 saturated carbocycles. The lowest BCUT2D eigenvalue weighted by Gasteiger charge is -2.35. The molecule has 0 atom stereocenters. The highest BCUT2D eigenvalue weighted by atomic mass is 32.2. The summed E-state index contributed by atoms with van der Waals surface area (Å²) in [5.41, 5.74) is -2.69. The monoisotopic (exact) mass is 504 g/mol. The number of rotatable bonds is 8. The number of hydrogen-bond acceptors (Lipinski definition) is 8. The number of thioether (sulfide) groups is 1. The predicted octanol–water partition coefficient (Wildman–Crippen LogP) is 4.93. The predicted molar refractivity (Wildman–Crippen MR) is 128 cm³/mol. The number of nitro groups is 1. The van der Waals surface area contributed by atoms with Crippen LogP contribution in [0.3, 0.4) is 0 Å². The van der Waals surface area contributed by atoms with Crippen molar-refractivity contribution in [2.45, 2.75) is 23.5 Å². The summed E-state index contributed by atoms with van der Waals surface area (Å²) in [6, 6.07) is 15.9. The number of nitrogens with one attached hydrogen (secondary N) is 1. The van der Waals surface area contributed by atoms with E-state index in [1.54, 1.807) is 12.1 Å². The maximum absolute atomic E-state index is 12.5. The smallest absolute Gasteiger partial charge is 0.360 e. The van der Waals surface area contributed by atoms with Gasteiger partial charge in [0.05, 0.1) is 4.92 Å². The van der Waals surface area contributed by atoms with Gasteiger partial charge in [0, 0.05) is 44.2 Å². The summed E-state index contributed by atoms with van der Waals surface area (Å²) in [6.07, 6.45) is 1.28. The van der Waals surface area contributed by atoms with Gasteiger partial charge < -0.3 is 10.2 Å². The van der Waals surface area contributed by atoms with Crippen molar-refractivity contribution in [2.24, 2.45) is 0 Å². The molecule has 1 fully saturated rings. The Morgan fingerprint density at radius 3 is 2.29 bits per heavy atom. The number of benzene rings is 2. The van der Waals surface area contributed by atoms with Gasteiger partial charge in [-0.25, -0.2) is 9.97 Å². The average Bonchev–Trinajstić information content (AvgIpc) is 2.83. The Morgan fingerprint density at radius 2 is 1.66 bits per heavy atom. The second-order valence-corrected chi connectivity index (χ2v) is 9.08. The van der Waals surface area contributed by atoms with E-state index in [-0.39, 0.29) is 40.5 Å². The second-order valence-electron chi connectivity index (χ2n) is 7.95. The number of hydrogen-bond donors (Lipinski definition) is 1. The van der Waals surface area contributed by atoms with E-state index in [0.29, 0.717) is 18.7 Å². The third-order valence-corrected chi connectivity index (χ3v) is 6.26. The molecule has 3 aromatic rings. The van der Waals surface area contributed by atoms with Gasteiger partial charge in [0.25, 0.3) is 0 Å². The molecular formula is C23H23F3N6O2S. The number of halogens is 3. The summed E-state index contributed by atoms with van der Waals surface area (Å²) < 4.78 is 37.5. The molecule has 35 heavy (non-hydrogen) atoms. The first kappa shape index (κ1) is 24.7. The van der Waals surface area contributed by atoms with E-state index in [1.165, 1.54) is 24.0 Å². The van der Waals surface area contributed by atoms with Gasteiger partial charge in [0.2, 0.25) is 11.6 Å². The number of alkyl halides is 3. The van der Waals surface area contributed by atoms with Crippen molar-refractivity contribution in [2.75, 3.05) is 36.4 Å². The standard InChI is InChI=1S/C23H23F3N6O2S/c24-23(25,26)35-19-8-6-17(7-9-19)14-27-21-20(32(33)34)22(29-16-28-21)31-12-10-30(11-13-31)15-18-4-2-1-3-5-18/h1-9,16H,10-15H2,(H,27,28,29). The molecule has 1 N–H and O–H groups in total. The molecule has 2 aromatic carbocycles. The van der Waals surface area contributed by atoms with Gasteiger partial charge in [-0.2, -0.15) is 13.2 Å². The van der Waals surface area contributed by atoms with Gasteiger partial charge in [-0.3, -0.25) is 15.0 Å². The van der Waals surface area contributed by atoms with E-state index in [0.717, 1.165) is 19.6 Å². The fraction of sp³-hybridized carbons (Fsp3) is 0.304. The molecule has 2 heterocycles. The van der Waals surface area contributed by atoms with Crippen molar-refractivity contribution < 1.29 is 18.1 Å². The van der Waals surface area contributed by atoms with E-state index >= 15 is 0 Å². The van der Waals surface area contributed by atoms with Crippen LogP contribution in [0.1, 0.15) is 11.1 Å². The number of piperazine rings is 1. The third-order valence-electron chi connectivity index (χ3n) is 5.52. The number of anilines is 2. The Kier molecular flexibility index (Phi) is 7.71. The first-order valence-corrected chi connectivity index (χ1v) is 11.7. The van der Waals surface area contributed by atoms with E-state index in [4.69, 9.17) is 0 Å². The van der Waals surface area contributed by atoms with Crippen LogP contribution < -0.4 is 10.2 Å². The summed E-state index contributed by atoms with van der Waals surface area (Å²) in [5, 5.41) is 14.9. The van der Waals surface area contributed by atoms with Crippen molar-refractivity contribution >= 4 is 29.1 Å². The minimum Gasteiger partial charge on any atom is -0.360 e. The largest absolute Gasteiger partial charge is 0.446 e. The average molecular weight is 505 g/mol. The summed E-state index contributed by atoms with van der Waals surface area (Å²) in [5.74, 6) is 0.323. The molecule has 1 aliphatic rings. The van der Waals surface area contributed by atoms with Crippen molar-refractivity contribution in [3.8, 4) is 0 Å². The fourth-order valence-electron chi connectivity index (χ4n) is 3.85. The molecule has 0 amide bonds. The van der Waals surface area contributed by atoms with Crippen LogP contribution in [-0.4, -0.2) is 51.5 Å². The SMILES string of the molecule is O=[N+]([O-])c1c(NCc2ccc(SC(F)(F)F)cc2)ncnc1N1CCN(Cc2ccccc2)CC1. The molecule has 1 aromatic heterocycles. The lowest BCUT2D eigenvalue weighted by Crippen LogP contribution is -2.46. The Labute approximate surface area is 204 Å². The highest BCUT2D eigenvalue weighted by Crippen LogP contribution is 2.37. The molecule has 12 heteroatoms. The quantitative estimate of drug-likeness (QED) is 0.263. The van der Waals surface area contributed by atoms with E-state index in [2.05, 4.69) is 32.3 Å². The number of nitrogens with zero attached hydrogens (tertiary/aromatic N) is 5. The second kappa shape index (κ2) is 10.9. The van der Waals surface area contributed by atoms with Gasteiger partial charge in [0.1, 0.15) is 6.33 Å². The lowest BCUT2D eigenvalue weighted by atomic mass is 10.2. The molecule has 8 nitrogen and oxygen atoms in total. The van der Waals surface area contributed by atoms with E-state index in [1.807, 2.05) is 23.1 Å². The van der Waals surface area contributed by atoms with Gasteiger partial charge in [-0.1, -0.05) is 42.5 Å². The molecule has 1 aliphatic heterocycles. The van der Waals surface area contributed by atoms with Gasteiger partial charge >= 0.3 is 11.2 Å². The first-order valence-electron chi connectivity index (χ1n) is 10.9. The van der Waals surface area contributed by atoms with Crippen molar-refractivity contribution in [1.82, 2.24) is 14.9 Å². The van der Waals surface area contributed by atoms with E-state index < -0.39 is 10.4 Å². The molecule has 4 rings (SSSR count). The van der Waals surface area contributed by atoms with Crippen LogP contribution in [-0.2, 0) is 13.1 Å². The minimum absolute atomic E-state index is 0.0699. The van der Waals surface area contributed by atoms with Gasteiger partial charge in [-0.15, -0.1) is 0 Å². The summed E-state index contributed by atoms with van der Waals surface area (Å²) >= 11 is -0.191. The van der Waals surface area contributed by atoms with Crippen molar-refractivity contribution in [1.29, 1.82) is 0 Å². The summed E-state index contributed by atoms with van der Waals surface area (Å²) in [6.45, 7) is 3.62. The lowest BCUT2D eigenvalue weighted by molar-refractivity contribution is -0.383. The summed E-state index contributed by atoms with van der Waals surface area (Å²) in [7, 11) is 0. The van der Waals surface area contributed by atoms with Gasteiger partial charge in [-0.05, 0) is 35.0 Å². The van der Waals surface area contributed by atoms with Crippen LogP contribution >= 0.6 is 11.8 Å². The fourth-order valence-corrected chi connectivity index (χ4v) is 4.39. The van der Waals surface area contributed by atoms with Crippen LogP contribution in [0.25, 0.3) is 0 Å². The maximum Gasteiger partial charge on any atom is 0.446 e. The Balaban J connectivity index is 1.41. The molecule has 0 aliphatic carbocycles. The number of aromatic nitrogens is 2. The first-order chi connectivity index (χ1) is 16.8. The normalized spacial score (nSPS) is 14.7. The highest BCUT2D eigenvalue weighted by molar-refractivity contribution is 8.00. The van der Waals surface area contributed by atoms with Gasteiger partial charge in [0.15, 0.2) is 0 Å². The Bertz CT molecular complexity index is 1140. The summed E-state index contributed by atoms with van der Waals surface area (Å²) in [4.78, 5) is 23.9. The molecule has 184 valence electrons. The van der Waals surface area contributed by atoms with Crippen LogP contribution in [0.5, 0.6) is 0 Å². The van der Waals surface area contributed by atoms with Crippen LogP contribution in [0.2, 0.25) is 0 Å². The van der Waals surface area contributed by atoms with Crippen LogP contribution in [0, 0.1) is 10.1 Å². The molecule has 0 unspecified atom stereocenters. The zero-order valence-electron chi connectivity index (χ0n) is 18.6. The van der Waals surface area contributed by atoms with Crippen LogP contribution in [0.4, 0.5) is 30.5 Å². The van der Waals surface area contributed by atoms with Crippen LogP contribution in [0.15, 0.2) is 65.8 Å². The van der Waals surface area contributed by atoms with Crippen molar-refractivity contribution in [3.63, 3.8) is 0 Å². The molecule has 0 radical (unpaired) electrons. The zero-order valence-corrected chi connectivity index (χ0v) is 19.4. The molecule has 0 spiro atoms. The highest BCUT2D eigenvalue weighted by Gasteiger charge is 2.30. The van der Waals surface area contributed by atoms with Crippen molar-refractivity contribution in [3.05, 3.63) is 82.2 Å². The molecular weight excluding hydrogens is 481 g/mol. The Hall–Kier alpha value is -3.38.